The second-order valence-electron chi connectivity index (χ2n) is 8.46. The first-order valence-corrected chi connectivity index (χ1v) is 12.8. The van der Waals surface area contributed by atoms with Gasteiger partial charge in [0.1, 0.15) is 5.78 Å². The number of hydrogen-bond acceptors (Lipinski definition) is 5. The fraction of sp³-hybridized carbons (Fsp3) is 0.913. The highest BCUT2D eigenvalue weighted by Crippen LogP contribution is 2.36. The van der Waals surface area contributed by atoms with Gasteiger partial charge in [0.05, 0.1) is 12.7 Å². The van der Waals surface area contributed by atoms with Crippen molar-refractivity contribution in [3.63, 3.8) is 0 Å². The quantitative estimate of drug-likeness (QED) is 0.202. The van der Waals surface area contributed by atoms with Crippen LogP contribution in [0.15, 0.2) is 0 Å². The summed E-state index contributed by atoms with van der Waals surface area (Å²) < 4.78 is 41.2. The summed E-state index contributed by atoms with van der Waals surface area (Å²) in [5.41, 5.74) is 0. The van der Waals surface area contributed by atoms with Gasteiger partial charge in [0.15, 0.2) is 0 Å². The Morgan fingerprint density at radius 1 is 1.13 bits per heavy atom. The number of alkyl halides is 3. The third-order valence-corrected chi connectivity index (χ3v) is 7.31. The average Bonchev–Trinajstić information content (AvgIpc) is 3.04. The summed E-state index contributed by atoms with van der Waals surface area (Å²) in [6, 6.07) is 0. The Kier molecular flexibility index (Phi) is 14.5. The van der Waals surface area contributed by atoms with Crippen molar-refractivity contribution >= 4 is 23.5 Å². The van der Waals surface area contributed by atoms with Crippen molar-refractivity contribution in [3.8, 4) is 0 Å². The van der Waals surface area contributed by atoms with Crippen LogP contribution in [-0.2, 0) is 14.3 Å². The third-order valence-electron chi connectivity index (χ3n) is 5.74. The molecule has 3 atom stereocenters. The molecular formula is C23H39F3O4S. The van der Waals surface area contributed by atoms with Crippen LogP contribution in [0.4, 0.5) is 13.2 Å². The molecule has 0 saturated heterocycles. The van der Waals surface area contributed by atoms with E-state index in [1.807, 2.05) is 0 Å². The molecule has 3 unspecified atom stereocenters. The maximum absolute atomic E-state index is 12.2. The van der Waals surface area contributed by atoms with Gasteiger partial charge in [-0.15, -0.1) is 0 Å². The zero-order chi connectivity index (χ0) is 23.1. The Labute approximate surface area is 189 Å². The van der Waals surface area contributed by atoms with Crippen LogP contribution >= 0.6 is 11.8 Å². The highest BCUT2D eigenvalue weighted by molar-refractivity contribution is 8.00. The van der Waals surface area contributed by atoms with Crippen molar-refractivity contribution in [2.45, 2.75) is 114 Å². The number of Topliss-reactive ketones (excluding diaryl/α,β-unsaturated/α-hetero) is 1. The summed E-state index contributed by atoms with van der Waals surface area (Å²) in [5.74, 6) is 0.814. The molecule has 0 aromatic rings. The molecular weight excluding hydrogens is 429 g/mol. The molecule has 0 radical (unpaired) electrons. The van der Waals surface area contributed by atoms with Gasteiger partial charge in [-0.2, -0.15) is 24.9 Å². The fourth-order valence-electron chi connectivity index (χ4n) is 4.02. The van der Waals surface area contributed by atoms with Gasteiger partial charge >= 0.3 is 12.1 Å². The molecule has 1 saturated carbocycles. The first-order chi connectivity index (χ1) is 14.7. The van der Waals surface area contributed by atoms with E-state index in [0.29, 0.717) is 50.2 Å². The van der Waals surface area contributed by atoms with Gasteiger partial charge < -0.3 is 9.84 Å². The van der Waals surface area contributed by atoms with Gasteiger partial charge in [-0.25, -0.2) is 0 Å². The third kappa shape index (κ3) is 14.1. The smallest absolute Gasteiger partial charge is 0.389 e. The molecule has 0 aromatic heterocycles. The molecule has 1 aliphatic carbocycles. The van der Waals surface area contributed by atoms with Crippen LogP contribution in [0.5, 0.6) is 0 Å². The number of unbranched alkanes of at least 4 members (excludes halogenated alkanes) is 6. The van der Waals surface area contributed by atoms with Gasteiger partial charge in [-0.05, 0) is 39.0 Å². The summed E-state index contributed by atoms with van der Waals surface area (Å²) >= 11 is 1.67. The zero-order valence-electron chi connectivity index (χ0n) is 18.8. The van der Waals surface area contributed by atoms with Crippen LogP contribution in [0, 0.1) is 5.92 Å². The number of hydrogen-bond donors (Lipinski definition) is 1. The van der Waals surface area contributed by atoms with Gasteiger partial charge in [0.2, 0.25) is 0 Å². The monoisotopic (exact) mass is 468 g/mol. The lowest BCUT2D eigenvalue weighted by molar-refractivity contribution is -0.143. The fourth-order valence-corrected chi connectivity index (χ4v) is 5.46. The molecule has 1 N–H and O–H groups in total. The first-order valence-electron chi connectivity index (χ1n) is 11.8. The predicted molar refractivity (Wildman–Crippen MR) is 118 cm³/mol. The van der Waals surface area contributed by atoms with Crippen LogP contribution in [0.1, 0.15) is 96.8 Å². The van der Waals surface area contributed by atoms with Crippen LogP contribution in [0.2, 0.25) is 0 Å². The molecule has 182 valence electrons. The Morgan fingerprint density at radius 3 is 2.52 bits per heavy atom. The number of carbonyl (C=O) groups is 2. The van der Waals surface area contributed by atoms with E-state index in [1.165, 1.54) is 0 Å². The van der Waals surface area contributed by atoms with Crippen molar-refractivity contribution in [1.29, 1.82) is 0 Å². The number of esters is 1. The minimum absolute atomic E-state index is 0.0598. The summed E-state index contributed by atoms with van der Waals surface area (Å²) in [6.45, 7) is 2.21. The molecule has 1 rings (SSSR count). The number of halogens is 3. The maximum atomic E-state index is 12.2. The van der Waals surface area contributed by atoms with E-state index in [0.717, 1.165) is 44.9 Å². The molecule has 31 heavy (non-hydrogen) atoms. The maximum Gasteiger partial charge on any atom is 0.389 e. The van der Waals surface area contributed by atoms with E-state index < -0.39 is 18.7 Å². The largest absolute Gasteiger partial charge is 0.466 e. The number of aliphatic hydroxyl groups is 1. The lowest BCUT2D eigenvalue weighted by Crippen LogP contribution is -2.20. The molecule has 1 aliphatic rings. The SMILES string of the molecule is CCOC(=O)CCCCCCC1C(=O)CCC1SCC(O)CCCCCCC(F)(F)F. The number of ketones is 1. The van der Waals surface area contributed by atoms with E-state index in [-0.39, 0.29) is 23.6 Å². The summed E-state index contributed by atoms with van der Waals surface area (Å²) in [7, 11) is 0. The molecule has 0 aromatic carbocycles. The van der Waals surface area contributed by atoms with Gasteiger partial charge in [0, 0.05) is 36.2 Å². The number of ether oxygens (including phenoxy) is 1. The Balaban J connectivity index is 2.12. The molecule has 0 amide bonds. The predicted octanol–water partition coefficient (Wildman–Crippen LogP) is 6.23. The van der Waals surface area contributed by atoms with Crippen molar-refractivity contribution in [2.24, 2.45) is 5.92 Å². The van der Waals surface area contributed by atoms with Crippen molar-refractivity contribution in [2.75, 3.05) is 12.4 Å². The molecule has 0 heterocycles. The molecule has 1 fully saturated rings. The van der Waals surface area contributed by atoms with Crippen molar-refractivity contribution < 1.29 is 32.6 Å². The lowest BCUT2D eigenvalue weighted by atomic mass is 9.98. The highest BCUT2D eigenvalue weighted by atomic mass is 32.2. The van der Waals surface area contributed by atoms with E-state index in [4.69, 9.17) is 4.74 Å². The Hall–Kier alpha value is -0.760. The standard InChI is InChI=1S/C23H39F3O4S/c1-2-30-22(29)13-9-4-3-8-12-19-20(28)14-15-21(19)31-17-18(27)11-7-5-6-10-16-23(24,25)26/h18-19,21,27H,2-17H2,1H3. The van der Waals surface area contributed by atoms with Crippen molar-refractivity contribution in [3.05, 3.63) is 0 Å². The minimum atomic E-state index is -4.08. The molecule has 0 bridgehead atoms. The second kappa shape index (κ2) is 15.9. The van der Waals surface area contributed by atoms with Crippen LogP contribution in [-0.4, -0.2) is 46.7 Å². The molecule has 8 heteroatoms. The summed E-state index contributed by atoms with van der Waals surface area (Å²) in [5, 5.41) is 10.4. The van der Waals surface area contributed by atoms with Crippen LogP contribution < -0.4 is 0 Å². The molecule has 0 aliphatic heterocycles. The molecule has 0 spiro atoms. The van der Waals surface area contributed by atoms with Crippen LogP contribution in [0.25, 0.3) is 0 Å². The van der Waals surface area contributed by atoms with Crippen molar-refractivity contribution in [1.82, 2.24) is 0 Å². The Bertz CT molecular complexity index is 514. The topological polar surface area (TPSA) is 63.6 Å². The number of carbonyl (C=O) groups excluding carboxylic acids is 2. The number of aliphatic hydroxyl groups excluding tert-OH is 1. The zero-order valence-corrected chi connectivity index (χ0v) is 19.6. The lowest BCUT2D eigenvalue weighted by Gasteiger charge is -2.20. The Morgan fingerprint density at radius 2 is 1.81 bits per heavy atom. The van der Waals surface area contributed by atoms with Gasteiger partial charge in [-0.3, -0.25) is 9.59 Å². The normalized spacial score (nSPS) is 20.2. The van der Waals surface area contributed by atoms with E-state index in [1.54, 1.807) is 18.7 Å². The van der Waals surface area contributed by atoms with E-state index in [2.05, 4.69) is 0 Å². The summed E-state index contributed by atoms with van der Waals surface area (Å²) in [4.78, 5) is 23.6. The van der Waals surface area contributed by atoms with Gasteiger partial charge in [0.25, 0.3) is 0 Å². The number of thioether (sulfide) groups is 1. The first kappa shape index (κ1) is 28.3. The second-order valence-corrected chi connectivity index (χ2v) is 9.74. The highest BCUT2D eigenvalue weighted by Gasteiger charge is 2.34. The van der Waals surface area contributed by atoms with E-state index >= 15 is 0 Å². The molecule has 4 nitrogen and oxygen atoms in total. The van der Waals surface area contributed by atoms with E-state index in [9.17, 15) is 27.9 Å². The van der Waals surface area contributed by atoms with Gasteiger partial charge in [-0.1, -0.05) is 38.5 Å². The van der Waals surface area contributed by atoms with Crippen LogP contribution in [0.3, 0.4) is 0 Å². The number of rotatable bonds is 17. The average molecular weight is 469 g/mol. The summed E-state index contributed by atoms with van der Waals surface area (Å²) in [6.07, 6.45) is 4.00. The minimum Gasteiger partial charge on any atom is -0.466 e.